The summed E-state index contributed by atoms with van der Waals surface area (Å²) in [5.74, 6) is -0.874. The van der Waals surface area contributed by atoms with Crippen molar-refractivity contribution in [1.82, 2.24) is 0 Å². The molecular weight excluding hydrogens is 291 g/mol. The van der Waals surface area contributed by atoms with Gasteiger partial charge < -0.3 is 5.11 Å². The molecule has 0 fully saturated rings. The first-order valence-electron chi connectivity index (χ1n) is 4.42. The van der Waals surface area contributed by atoms with Crippen LogP contribution in [-0.4, -0.2) is 36.9 Å². The molecule has 3 heteroatoms. The van der Waals surface area contributed by atoms with Crippen LogP contribution in [0.2, 0.25) is 0 Å². The summed E-state index contributed by atoms with van der Waals surface area (Å²) < 4.78 is 0. The Morgan fingerprint density at radius 1 is 1.07 bits per heavy atom. The summed E-state index contributed by atoms with van der Waals surface area (Å²) in [6.45, 7) is 1.98. The fourth-order valence-electron chi connectivity index (χ4n) is 1.65. The average molecular weight is 301 g/mol. The van der Waals surface area contributed by atoms with Crippen LogP contribution in [0.3, 0.4) is 0 Å². The standard InChI is InChI=1S/C12H10O2.In/c1-8-4-2-6-10-9(8)5-3-7-11(10)12(13)14;/h2-7H,1H3,(H,13,14);. The van der Waals surface area contributed by atoms with E-state index in [2.05, 4.69) is 0 Å². The molecule has 0 unspecified atom stereocenters. The number of carboxylic acid groups (broad SMARTS) is 1. The minimum Gasteiger partial charge on any atom is -0.478 e. The molecule has 0 bridgehead atoms. The van der Waals surface area contributed by atoms with E-state index in [9.17, 15) is 4.79 Å². The summed E-state index contributed by atoms with van der Waals surface area (Å²) in [6.07, 6.45) is 0. The molecule has 0 atom stereocenters. The second-order valence-corrected chi connectivity index (χ2v) is 3.28. The number of fused-ring (bicyclic) bond motifs is 1. The Morgan fingerprint density at radius 2 is 1.67 bits per heavy atom. The molecule has 0 aromatic heterocycles. The molecule has 0 aliphatic carbocycles. The number of hydrogen-bond donors (Lipinski definition) is 1. The molecule has 73 valence electrons. The Labute approximate surface area is 107 Å². The zero-order chi connectivity index (χ0) is 10.1. The van der Waals surface area contributed by atoms with E-state index in [1.165, 1.54) is 0 Å². The fourth-order valence-corrected chi connectivity index (χ4v) is 1.65. The topological polar surface area (TPSA) is 37.3 Å². The van der Waals surface area contributed by atoms with E-state index in [-0.39, 0.29) is 25.8 Å². The van der Waals surface area contributed by atoms with Gasteiger partial charge in [0.2, 0.25) is 0 Å². The van der Waals surface area contributed by atoms with Crippen LogP contribution >= 0.6 is 0 Å². The van der Waals surface area contributed by atoms with Gasteiger partial charge in [0.1, 0.15) is 0 Å². The monoisotopic (exact) mass is 301 g/mol. The molecule has 2 aromatic carbocycles. The second kappa shape index (κ2) is 4.71. The van der Waals surface area contributed by atoms with Gasteiger partial charge in [-0.25, -0.2) is 4.79 Å². The SMILES string of the molecule is Cc1cccc2c(C(=O)O)cccc12.[In]. The van der Waals surface area contributed by atoms with Crippen LogP contribution in [0.4, 0.5) is 0 Å². The number of carbonyl (C=O) groups is 1. The van der Waals surface area contributed by atoms with Crippen LogP contribution in [-0.2, 0) is 0 Å². The van der Waals surface area contributed by atoms with Gasteiger partial charge in [0.05, 0.1) is 5.56 Å². The molecule has 0 amide bonds. The first kappa shape index (κ1) is 12.1. The summed E-state index contributed by atoms with van der Waals surface area (Å²) in [5, 5.41) is 10.8. The van der Waals surface area contributed by atoms with Crippen molar-refractivity contribution in [2.24, 2.45) is 0 Å². The van der Waals surface area contributed by atoms with Gasteiger partial charge in [0.25, 0.3) is 0 Å². The Kier molecular flexibility index (Phi) is 3.80. The molecule has 2 aromatic rings. The molecule has 2 rings (SSSR count). The first-order chi connectivity index (χ1) is 6.70. The van der Waals surface area contributed by atoms with Crippen molar-refractivity contribution in [1.29, 1.82) is 0 Å². The number of aryl methyl sites for hydroxylation is 1. The Morgan fingerprint density at radius 3 is 2.33 bits per heavy atom. The average Bonchev–Trinajstić information content (AvgIpc) is 2.17. The minimum absolute atomic E-state index is 0. The molecule has 2 nitrogen and oxygen atoms in total. The predicted octanol–water partition coefficient (Wildman–Crippen LogP) is 2.47. The van der Waals surface area contributed by atoms with Crippen molar-refractivity contribution in [3.8, 4) is 0 Å². The molecule has 0 heterocycles. The maximum Gasteiger partial charge on any atom is 0.336 e. The van der Waals surface area contributed by atoms with E-state index in [0.717, 1.165) is 16.3 Å². The van der Waals surface area contributed by atoms with E-state index < -0.39 is 5.97 Å². The summed E-state index contributed by atoms with van der Waals surface area (Å²) in [6, 6.07) is 11.0. The quantitative estimate of drug-likeness (QED) is 0.878. The number of aromatic carboxylic acids is 1. The largest absolute Gasteiger partial charge is 0.478 e. The van der Waals surface area contributed by atoms with Gasteiger partial charge in [-0.2, -0.15) is 0 Å². The molecule has 0 aliphatic heterocycles. The van der Waals surface area contributed by atoms with Crippen molar-refractivity contribution in [3.05, 3.63) is 47.5 Å². The third-order valence-electron chi connectivity index (χ3n) is 2.37. The van der Waals surface area contributed by atoms with E-state index in [1.54, 1.807) is 12.1 Å². The van der Waals surface area contributed by atoms with Gasteiger partial charge >= 0.3 is 5.97 Å². The molecule has 3 radical (unpaired) electrons. The molecular formula is C12H10InO2. The number of rotatable bonds is 1. The number of carboxylic acids is 1. The van der Waals surface area contributed by atoms with E-state index in [0.29, 0.717) is 5.56 Å². The molecule has 0 aliphatic rings. The zero-order valence-electron chi connectivity index (χ0n) is 8.40. The van der Waals surface area contributed by atoms with Crippen LogP contribution in [0.25, 0.3) is 10.8 Å². The number of hydrogen-bond acceptors (Lipinski definition) is 1. The predicted molar refractivity (Wildman–Crippen MR) is 61.4 cm³/mol. The molecule has 15 heavy (non-hydrogen) atoms. The maximum absolute atomic E-state index is 10.9. The Hall–Kier alpha value is -0.960. The van der Waals surface area contributed by atoms with Crippen molar-refractivity contribution in [2.45, 2.75) is 6.92 Å². The van der Waals surface area contributed by atoms with E-state index in [1.807, 2.05) is 31.2 Å². The van der Waals surface area contributed by atoms with Crippen molar-refractivity contribution < 1.29 is 9.90 Å². The van der Waals surface area contributed by atoms with Crippen molar-refractivity contribution in [2.75, 3.05) is 0 Å². The third kappa shape index (κ3) is 2.17. The summed E-state index contributed by atoms with van der Waals surface area (Å²) in [5.41, 5.74) is 1.47. The third-order valence-corrected chi connectivity index (χ3v) is 2.37. The van der Waals surface area contributed by atoms with Crippen molar-refractivity contribution in [3.63, 3.8) is 0 Å². The maximum atomic E-state index is 10.9. The van der Waals surface area contributed by atoms with Gasteiger partial charge in [0, 0.05) is 25.8 Å². The fraction of sp³-hybridized carbons (Fsp3) is 0.0833. The van der Waals surface area contributed by atoms with Crippen LogP contribution < -0.4 is 0 Å². The van der Waals surface area contributed by atoms with Crippen molar-refractivity contribution >= 4 is 42.6 Å². The minimum atomic E-state index is -0.874. The van der Waals surface area contributed by atoms with Crippen LogP contribution in [0, 0.1) is 6.92 Å². The molecule has 0 saturated heterocycles. The van der Waals surface area contributed by atoms with Crippen LogP contribution in [0.5, 0.6) is 0 Å². The smallest absolute Gasteiger partial charge is 0.336 e. The van der Waals surface area contributed by atoms with Gasteiger partial charge in [-0.05, 0) is 29.3 Å². The molecule has 0 saturated carbocycles. The summed E-state index contributed by atoms with van der Waals surface area (Å²) in [7, 11) is 0. The van der Waals surface area contributed by atoms with Crippen LogP contribution in [0.15, 0.2) is 36.4 Å². The van der Waals surface area contributed by atoms with Gasteiger partial charge in [-0.3, -0.25) is 0 Å². The van der Waals surface area contributed by atoms with Crippen LogP contribution in [0.1, 0.15) is 15.9 Å². The Balaban J connectivity index is 0.00000112. The van der Waals surface area contributed by atoms with Gasteiger partial charge in [-0.15, -0.1) is 0 Å². The van der Waals surface area contributed by atoms with E-state index in [4.69, 9.17) is 5.11 Å². The Bertz CT molecular complexity index is 506. The number of benzene rings is 2. The van der Waals surface area contributed by atoms with Gasteiger partial charge in [0.15, 0.2) is 0 Å². The summed E-state index contributed by atoms with van der Waals surface area (Å²) in [4.78, 5) is 10.9. The second-order valence-electron chi connectivity index (χ2n) is 3.28. The zero-order valence-corrected chi connectivity index (χ0v) is 11.7. The van der Waals surface area contributed by atoms with E-state index >= 15 is 0 Å². The molecule has 1 N–H and O–H groups in total. The summed E-state index contributed by atoms with van der Waals surface area (Å²) >= 11 is 0. The first-order valence-corrected chi connectivity index (χ1v) is 4.42. The van der Waals surface area contributed by atoms with Gasteiger partial charge in [-0.1, -0.05) is 30.3 Å². The molecule has 0 spiro atoms. The normalized spacial score (nSPS) is 9.67.